The molecule has 0 aliphatic rings. The van der Waals surface area contributed by atoms with E-state index < -0.39 is 15.3 Å². The number of hydrogen-bond donors (Lipinski definition) is 2. The minimum Gasteiger partial charge on any atom is -0.337 e. The molecule has 2 aromatic carbocycles. The molecule has 0 aliphatic heterocycles. The number of imidazole rings is 1. The predicted octanol–water partition coefficient (Wildman–Crippen LogP) is 3.68. The van der Waals surface area contributed by atoms with E-state index in [0.29, 0.717) is 10.8 Å². The number of aromatic amines is 1. The monoisotopic (exact) mass is 458 g/mol. The Kier molecular flexibility index (Phi) is 7.19. The Balaban J connectivity index is 1.66. The van der Waals surface area contributed by atoms with Gasteiger partial charge in [0.2, 0.25) is 15.9 Å². The molecule has 1 atom stereocenters. The summed E-state index contributed by atoms with van der Waals surface area (Å²) in [5.41, 5.74) is 3.52. The molecule has 9 heteroatoms. The second-order valence-electron chi connectivity index (χ2n) is 7.34. The van der Waals surface area contributed by atoms with Gasteiger partial charge in [0.25, 0.3) is 0 Å². The van der Waals surface area contributed by atoms with Crippen LogP contribution in [0.15, 0.2) is 64.6 Å². The van der Waals surface area contributed by atoms with Crippen LogP contribution in [0.4, 0.5) is 5.69 Å². The van der Waals surface area contributed by atoms with Crippen LogP contribution < -0.4 is 5.32 Å². The summed E-state index contributed by atoms with van der Waals surface area (Å²) in [6.07, 6.45) is 0.720. The highest BCUT2D eigenvalue weighted by atomic mass is 32.2. The standard InChI is InChI=1S/C22H26N4O3S2/c1-15-20(13-17-9-6-5-7-10-17)25-22(23-15)30-16(2)21(27)24-18-11-8-12-19(14-18)31(28,29)26(3)4/h5-12,14,16H,13H2,1-4H3,(H,23,25)(H,24,27). The molecule has 31 heavy (non-hydrogen) atoms. The number of carbonyl (C=O) groups excluding carboxylic acids is 1. The normalized spacial score (nSPS) is 12.7. The predicted molar refractivity (Wildman–Crippen MR) is 124 cm³/mol. The van der Waals surface area contributed by atoms with Crippen LogP contribution in [0.2, 0.25) is 0 Å². The van der Waals surface area contributed by atoms with Crippen LogP contribution in [0.5, 0.6) is 0 Å². The van der Waals surface area contributed by atoms with E-state index in [9.17, 15) is 13.2 Å². The van der Waals surface area contributed by atoms with Crippen molar-refractivity contribution >= 4 is 33.4 Å². The van der Waals surface area contributed by atoms with E-state index in [1.165, 1.54) is 43.6 Å². The lowest BCUT2D eigenvalue weighted by atomic mass is 10.1. The lowest BCUT2D eigenvalue weighted by Crippen LogP contribution is -2.24. The van der Waals surface area contributed by atoms with Gasteiger partial charge in [-0.15, -0.1) is 0 Å². The highest BCUT2D eigenvalue weighted by Crippen LogP contribution is 2.25. The average molecular weight is 459 g/mol. The molecule has 0 aliphatic carbocycles. The Morgan fingerprint density at radius 2 is 1.87 bits per heavy atom. The summed E-state index contributed by atoms with van der Waals surface area (Å²) in [5.74, 6) is -0.233. The number of H-pyrrole nitrogens is 1. The van der Waals surface area contributed by atoms with Gasteiger partial charge >= 0.3 is 0 Å². The number of carbonyl (C=O) groups is 1. The Morgan fingerprint density at radius 1 is 1.16 bits per heavy atom. The summed E-state index contributed by atoms with van der Waals surface area (Å²) in [7, 11) is -0.632. The molecule has 1 unspecified atom stereocenters. The van der Waals surface area contributed by atoms with Gasteiger partial charge in [-0.25, -0.2) is 17.7 Å². The third kappa shape index (κ3) is 5.75. The summed E-state index contributed by atoms with van der Waals surface area (Å²) in [6.45, 7) is 3.76. The van der Waals surface area contributed by atoms with E-state index in [4.69, 9.17) is 0 Å². The molecule has 2 N–H and O–H groups in total. The third-order valence-corrected chi connectivity index (χ3v) is 7.51. The first-order chi connectivity index (χ1) is 14.7. The first-order valence-electron chi connectivity index (χ1n) is 9.76. The molecular weight excluding hydrogens is 432 g/mol. The minimum atomic E-state index is -3.57. The zero-order chi connectivity index (χ0) is 22.6. The van der Waals surface area contributed by atoms with Crippen molar-refractivity contribution in [2.75, 3.05) is 19.4 Å². The van der Waals surface area contributed by atoms with Crippen LogP contribution in [0, 0.1) is 6.92 Å². The van der Waals surface area contributed by atoms with Crippen molar-refractivity contribution in [1.29, 1.82) is 0 Å². The van der Waals surface area contributed by atoms with Gasteiger partial charge in [-0.1, -0.05) is 48.2 Å². The maximum atomic E-state index is 12.7. The number of rotatable bonds is 8. The van der Waals surface area contributed by atoms with Crippen molar-refractivity contribution < 1.29 is 13.2 Å². The van der Waals surface area contributed by atoms with E-state index in [1.807, 2.05) is 25.1 Å². The second-order valence-corrected chi connectivity index (χ2v) is 10.8. The number of sulfonamides is 1. The molecule has 0 saturated carbocycles. The molecule has 7 nitrogen and oxygen atoms in total. The SMILES string of the molecule is Cc1[nH]c(SC(C)C(=O)Nc2cccc(S(=O)(=O)N(C)C)c2)nc1Cc1ccccc1. The highest BCUT2D eigenvalue weighted by molar-refractivity contribution is 8.00. The van der Waals surface area contributed by atoms with Crippen LogP contribution in [-0.2, 0) is 21.2 Å². The highest BCUT2D eigenvalue weighted by Gasteiger charge is 2.20. The fraction of sp³-hybridized carbons (Fsp3) is 0.273. The van der Waals surface area contributed by atoms with Crippen molar-refractivity contribution in [2.24, 2.45) is 0 Å². The zero-order valence-electron chi connectivity index (χ0n) is 17.9. The number of anilines is 1. The van der Waals surface area contributed by atoms with Gasteiger partial charge < -0.3 is 10.3 Å². The molecule has 0 spiro atoms. The van der Waals surface area contributed by atoms with E-state index in [1.54, 1.807) is 19.1 Å². The molecule has 3 rings (SSSR count). The molecule has 1 amide bonds. The summed E-state index contributed by atoms with van der Waals surface area (Å²) in [6, 6.07) is 16.3. The molecule has 0 radical (unpaired) electrons. The Morgan fingerprint density at radius 3 is 2.55 bits per heavy atom. The van der Waals surface area contributed by atoms with Gasteiger partial charge in [0.1, 0.15) is 0 Å². The topological polar surface area (TPSA) is 95.2 Å². The molecule has 1 aromatic heterocycles. The van der Waals surface area contributed by atoms with Crippen LogP contribution in [0.25, 0.3) is 0 Å². The Hall–Kier alpha value is -2.62. The van der Waals surface area contributed by atoms with Gasteiger partial charge in [-0.2, -0.15) is 0 Å². The maximum Gasteiger partial charge on any atom is 0.242 e. The van der Waals surface area contributed by atoms with Crippen LogP contribution in [-0.4, -0.2) is 47.9 Å². The van der Waals surface area contributed by atoms with Gasteiger partial charge in [0.05, 0.1) is 15.8 Å². The summed E-state index contributed by atoms with van der Waals surface area (Å²) >= 11 is 1.33. The van der Waals surface area contributed by atoms with Crippen molar-refractivity contribution in [3.05, 3.63) is 71.5 Å². The van der Waals surface area contributed by atoms with Gasteiger partial charge in [0.15, 0.2) is 5.16 Å². The van der Waals surface area contributed by atoms with Gasteiger partial charge in [-0.3, -0.25) is 4.79 Å². The molecule has 164 valence electrons. The van der Waals surface area contributed by atoms with Gasteiger partial charge in [0, 0.05) is 31.9 Å². The molecule has 1 heterocycles. The number of nitrogens with one attached hydrogen (secondary N) is 2. The second kappa shape index (κ2) is 9.67. The average Bonchev–Trinajstić information content (AvgIpc) is 3.07. The number of aromatic nitrogens is 2. The quantitative estimate of drug-likeness (QED) is 0.502. The third-order valence-electron chi connectivity index (χ3n) is 4.72. The lowest BCUT2D eigenvalue weighted by Gasteiger charge is -2.14. The van der Waals surface area contributed by atoms with E-state index in [0.717, 1.165) is 22.1 Å². The van der Waals surface area contributed by atoms with Crippen molar-refractivity contribution in [3.63, 3.8) is 0 Å². The molecule has 0 fully saturated rings. The summed E-state index contributed by atoms with van der Waals surface area (Å²) < 4.78 is 25.8. The molecule has 0 bridgehead atoms. The van der Waals surface area contributed by atoms with E-state index in [2.05, 4.69) is 27.4 Å². The smallest absolute Gasteiger partial charge is 0.242 e. The molecule has 3 aromatic rings. The molecular formula is C22H26N4O3S2. The Bertz CT molecular complexity index is 1160. The largest absolute Gasteiger partial charge is 0.337 e. The lowest BCUT2D eigenvalue weighted by molar-refractivity contribution is -0.115. The fourth-order valence-corrected chi connectivity index (χ4v) is 4.72. The van der Waals surface area contributed by atoms with Crippen LogP contribution in [0.1, 0.15) is 23.9 Å². The van der Waals surface area contributed by atoms with Crippen molar-refractivity contribution in [2.45, 2.75) is 35.6 Å². The first-order valence-corrected chi connectivity index (χ1v) is 12.1. The number of amides is 1. The van der Waals surface area contributed by atoms with E-state index in [-0.39, 0.29) is 10.8 Å². The van der Waals surface area contributed by atoms with E-state index >= 15 is 0 Å². The number of aryl methyl sites for hydroxylation is 1. The summed E-state index contributed by atoms with van der Waals surface area (Å²) in [5, 5.41) is 3.04. The number of hydrogen-bond acceptors (Lipinski definition) is 5. The summed E-state index contributed by atoms with van der Waals surface area (Å²) in [4.78, 5) is 20.7. The van der Waals surface area contributed by atoms with Crippen molar-refractivity contribution in [1.82, 2.24) is 14.3 Å². The zero-order valence-corrected chi connectivity index (χ0v) is 19.5. The van der Waals surface area contributed by atoms with Gasteiger partial charge in [-0.05, 0) is 37.6 Å². The Labute approximate surface area is 187 Å². The van der Waals surface area contributed by atoms with Crippen LogP contribution >= 0.6 is 11.8 Å². The van der Waals surface area contributed by atoms with Crippen LogP contribution in [0.3, 0.4) is 0 Å². The van der Waals surface area contributed by atoms with Crippen molar-refractivity contribution in [3.8, 4) is 0 Å². The number of benzene rings is 2. The molecule has 0 saturated heterocycles. The minimum absolute atomic E-state index is 0.128. The number of nitrogens with zero attached hydrogens (tertiary/aromatic N) is 2. The fourth-order valence-electron chi connectivity index (χ4n) is 2.89. The first kappa shape index (κ1) is 23.1. The maximum absolute atomic E-state index is 12.7. The number of thioether (sulfide) groups is 1.